The molecule has 5 heteroatoms. The van der Waals surface area contributed by atoms with Crippen LogP contribution in [0.5, 0.6) is 0 Å². The molecule has 1 unspecified atom stereocenters. The molecule has 0 saturated carbocycles. The van der Waals surface area contributed by atoms with Crippen LogP contribution in [0.25, 0.3) is 0 Å². The lowest BCUT2D eigenvalue weighted by molar-refractivity contribution is 0.0498. The zero-order valence-electron chi connectivity index (χ0n) is 13.2. The number of benzene rings is 2. The van der Waals surface area contributed by atoms with E-state index in [1.165, 1.54) is 5.56 Å². The van der Waals surface area contributed by atoms with Crippen molar-refractivity contribution in [2.45, 2.75) is 6.04 Å². The Morgan fingerprint density at radius 3 is 2.52 bits per heavy atom. The summed E-state index contributed by atoms with van der Waals surface area (Å²) >= 11 is 0. The smallest absolute Gasteiger partial charge is 0.254 e. The van der Waals surface area contributed by atoms with Gasteiger partial charge in [-0.1, -0.05) is 36.4 Å². The summed E-state index contributed by atoms with van der Waals surface area (Å²) in [6, 6.07) is 17.5. The van der Waals surface area contributed by atoms with Gasteiger partial charge in [-0.2, -0.15) is 0 Å². The molecule has 1 aliphatic heterocycles. The van der Waals surface area contributed by atoms with Crippen LogP contribution in [0, 0.1) is 0 Å². The summed E-state index contributed by atoms with van der Waals surface area (Å²) in [6.45, 7) is 2.46. The molecule has 1 heterocycles. The second kappa shape index (κ2) is 7.49. The highest BCUT2D eigenvalue weighted by Crippen LogP contribution is 2.26. The summed E-state index contributed by atoms with van der Waals surface area (Å²) in [5.41, 5.74) is 8.27. The first-order chi connectivity index (χ1) is 10.6. The first-order valence-electron chi connectivity index (χ1n) is 7.55. The zero-order valence-corrected chi connectivity index (χ0v) is 14.0. The third-order valence-electron chi connectivity index (χ3n) is 4.16. The number of anilines is 1. The lowest BCUT2D eigenvalue weighted by Crippen LogP contribution is -2.49. The van der Waals surface area contributed by atoms with Crippen molar-refractivity contribution in [2.75, 3.05) is 32.4 Å². The summed E-state index contributed by atoms with van der Waals surface area (Å²) in [4.78, 5) is 17.1. The molecule has 0 radical (unpaired) electrons. The fourth-order valence-electron chi connectivity index (χ4n) is 2.96. The molecule has 0 bridgehead atoms. The topological polar surface area (TPSA) is 49.6 Å². The molecule has 1 atom stereocenters. The number of hydrogen-bond donors (Lipinski definition) is 1. The van der Waals surface area contributed by atoms with Gasteiger partial charge >= 0.3 is 0 Å². The highest BCUT2D eigenvalue weighted by atomic mass is 35.5. The minimum Gasteiger partial charge on any atom is -0.399 e. The second-order valence-electron chi connectivity index (χ2n) is 5.81. The zero-order chi connectivity index (χ0) is 15.5. The molecule has 4 nitrogen and oxygen atoms in total. The molecule has 23 heavy (non-hydrogen) atoms. The van der Waals surface area contributed by atoms with E-state index in [9.17, 15) is 4.79 Å². The van der Waals surface area contributed by atoms with Gasteiger partial charge in [0.25, 0.3) is 5.91 Å². The van der Waals surface area contributed by atoms with Crippen LogP contribution in [0.4, 0.5) is 5.69 Å². The second-order valence-corrected chi connectivity index (χ2v) is 5.81. The average Bonchev–Trinajstić information content (AvgIpc) is 2.55. The lowest BCUT2D eigenvalue weighted by atomic mass is 10.0. The molecule has 3 rings (SSSR count). The number of halogens is 1. The number of nitrogens with two attached hydrogens (primary N) is 1. The predicted molar refractivity (Wildman–Crippen MR) is 95.8 cm³/mol. The van der Waals surface area contributed by atoms with Gasteiger partial charge in [0.2, 0.25) is 0 Å². The van der Waals surface area contributed by atoms with Crippen molar-refractivity contribution in [1.82, 2.24) is 9.80 Å². The van der Waals surface area contributed by atoms with Crippen LogP contribution < -0.4 is 5.73 Å². The van der Waals surface area contributed by atoms with Gasteiger partial charge in [0.05, 0.1) is 6.04 Å². The fourth-order valence-corrected chi connectivity index (χ4v) is 2.96. The van der Waals surface area contributed by atoms with Crippen LogP contribution in [0.3, 0.4) is 0 Å². The van der Waals surface area contributed by atoms with Gasteiger partial charge in [-0.3, -0.25) is 4.79 Å². The maximum Gasteiger partial charge on any atom is 0.254 e. The van der Waals surface area contributed by atoms with E-state index in [4.69, 9.17) is 5.73 Å². The number of piperazine rings is 1. The van der Waals surface area contributed by atoms with E-state index in [1.54, 1.807) is 12.1 Å². The highest BCUT2D eigenvalue weighted by Gasteiger charge is 2.30. The monoisotopic (exact) mass is 331 g/mol. The predicted octanol–water partition coefficient (Wildman–Crippen LogP) is 2.82. The molecule has 2 N–H and O–H groups in total. The van der Waals surface area contributed by atoms with Crippen molar-refractivity contribution in [3.8, 4) is 0 Å². The van der Waals surface area contributed by atoms with Crippen molar-refractivity contribution < 1.29 is 4.79 Å². The maximum atomic E-state index is 12.9. The summed E-state index contributed by atoms with van der Waals surface area (Å²) in [5.74, 6) is 0.0502. The van der Waals surface area contributed by atoms with Gasteiger partial charge in [0.1, 0.15) is 0 Å². The molecule has 1 amide bonds. The third kappa shape index (κ3) is 3.84. The van der Waals surface area contributed by atoms with Crippen LogP contribution in [-0.2, 0) is 0 Å². The van der Waals surface area contributed by atoms with Gasteiger partial charge in [-0.05, 0) is 30.8 Å². The highest BCUT2D eigenvalue weighted by molar-refractivity contribution is 5.95. The number of rotatable bonds is 2. The summed E-state index contributed by atoms with van der Waals surface area (Å²) in [7, 11) is 2.10. The van der Waals surface area contributed by atoms with Gasteiger partial charge in [-0.15, -0.1) is 12.4 Å². The van der Waals surface area contributed by atoms with Crippen LogP contribution in [0.1, 0.15) is 22.0 Å². The first kappa shape index (κ1) is 17.3. The number of nitrogen functional groups attached to an aromatic ring is 1. The third-order valence-corrected chi connectivity index (χ3v) is 4.16. The molecule has 0 spiro atoms. The number of carbonyl (C=O) groups excluding carboxylic acids is 1. The Balaban J connectivity index is 0.00000192. The van der Waals surface area contributed by atoms with E-state index < -0.39 is 0 Å². The lowest BCUT2D eigenvalue weighted by Gasteiger charge is -2.40. The minimum atomic E-state index is 0. The number of nitrogens with zero attached hydrogens (tertiary/aromatic N) is 2. The summed E-state index contributed by atoms with van der Waals surface area (Å²) in [6.07, 6.45) is 0. The van der Waals surface area contributed by atoms with Gasteiger partial charge in [-0.25, -0.2) is 0 Å². The SMILES string of the molecule is CN1CCN(C(=O)c2cccc(N)c2)C(c2ccccc2)C1.Cl. The molecule has 2 aromatic carbocycles. The molecule has 0 aliphatic carbocycles. The Morgan fingerprint density at radius 1 is 1.09 bits per heavy atom. The Kier molecular flexibility index (Phi) is 5.64. The van der Waals surface area contributed by atoms with Gasteiger partial charge < -0.3 is 15.5 Å². The van der Waals surface area contributed by atoms with Crippen LogP contribution in [0.15, 0.2) is 54.6 Å². The average molecular weight is 332 g/mol. The molecule has 122 valence electrons. The van der Waals surface area contributed by atoms with Gasteiger partial charge in [0, 0.05) is 30.9 Å². The molecule has 1 aliphatic rings. The normalized spacial score (nSPS) is 18.3. The minimum absolute atomic E-state index is 0. The summed E-state index contributed by atoms with van der Waals surface area (Å²) in [5, 5.41) is 0. The van der Waals surface area contributed by atoms with Crippen molar-refractivity contribution in [3.63, 3.8) is 0 Å². The molecule has 1 saturated heterocycles. The quantitative estimate of drug-likeness (QED) is 0.861. The van der Waals surface area contributed by atoms with E-state index in [-0.39, 0.29) is 24.4 Å². The van der Waals surface area contributed by atoms with Crippen LogP contribution >= 0.6 is 12.4 Å². The molecular formula is C18H22ClN3O. The largest absolute Gasteiger partial charge is 0.399 e. The van der Waals surface area contributed by atoms with Crippen molar-refractivity contribution in [1.29, 1.82) is 0 Å². The molecule has 1 fully saturated rings. The van der Waals surface area contributed by atoms with E-state index >= 15 is 0 Å². The number of hydrogen-bond acceptors (Lipinski definition) is 3. The Labute approximate surface area is 143 Å². The molecule has 0 aromatic heterocycles. The Morgan fingerprint density at radius 2 is 1.83 bits per heavy atom. The van der Waals surface area contributed by atoms with Crippen molar-refractivity contribution in [2.24, 2.45) is 0 Å². The van der Waals surface area contributed by atoms with Crippen LogP contribution in [0.2, 0.25) is 0 Å². The molecular weight excluding hydrogens is 310 g/mol. The number of amides is 1. The van der Waals surface area contributed by atoms with E-state index in [2.05, 4.69) is 24.1 Å². The first-order valence-corrected chi connectivity index (χ1v) is 7.55. The number of likely N-dealkylation sites (N-methyl/N-ethyl adjacent to an activating group) is 1. The fraction of sp³-hybridized carbons (Fsp3) is 0.278. The summed E-state index contributed by atoms with van der Waals surface area (Å²) < 4.78 is 0. The molecule has 2 aromatic rings. The van der Waals surface area contributed by atoms with E-state index in [0.29, 0.717) is 11.3 Å². The van der Waals surface area contributed by atoms with Crippen molar-refractivity contribution >= 4 is 24.0 Å². The van der Waals surface area contributed by atoms with Gasteiger partial charge in [0.15, 0.2) is 0 Å². The Bertz CT molecular complexity index is 662. The van der Waals surface area contributed by atoms with E-state index in [1.807, 2.05) is 35.2 Å². The Hall–Kier alpha value is -2.04. The van der Waals surface area contributed by atoms with Crippen molar-refractivity contribution in [3.05, 3.63) is 65.7 Å². The standard InChI is InChI=1S/C18H21N3O.ClH/c1-20-10-11-21(17(13-20)14-6-3-2-4-7-14)18(22)15-8-5-9-16(19)12-15;/h2-9,12,17H,10-11,13,19H2,1H3;1H. The van der Waals surface area contributed by atoms with Crippen LogP contribution in [-0.4, -0.2) is 42.4 Å². The maximum absolute atomic E-state index is 12.9. The number of carbonyl (C=O) groups is 1. The van der Waals surface area contributed by atoms with E-state index in [0.717, 1.165) is 19.6 Å².